The number of quaternary nitrogens is 1. The van der Waals surface area contributed by atoms with Gasteiger partial charge in [-0.3, -0.25) is 0 Å². The molecule has 2 aromatic rings. The van der Waals surface area contributed by atoms with Crippen LogP contribution in [0.1, 0.15) is 12.5 Å². The van der Waals surface area contributed by atoms with Crippen molar-refractivity contribution in [3.63, 3.8) is 0 Å². The van der Waals surface area contributed by atoms with E-state index in [1.165, 1.54) is 16.9 Å². The third kappa shape index (κ3) is 1.70. The summed E-state index contributed by atoms with van der Waals surface area (Å²) >= 11 is 2.55. The summed E-state index contributed by atoms with van der Waals surface area (Å²) in [7, 11) is 2.12. The molecule has 0 bridgehead atoms. The molecule has 3 rings (SSSR count). The molecule has 1 aliphatic rings. The lowest BCUT2D eigenvalue weighted by Gasteiger charge is -2.32. The van der Waals surface area contributed by atoms with E-state index < -0.39 is 0 Å². The molecule has 1 aliphatic heterocycles. The van der Waals surface area contributed by atoms with E-state index in [-0.39, 0.29) is 0 Å². The average Bonchev–Trinajstić information content (AvgIpc) is 2.63. The van der Waals surface area contributed by atoms with Crippen molar-refractivity contribution in [1.82, 2.24) is 7.68 Å². The quantitative estimate of drug-likeness (QED) is 0.556. The number of para-hydroxylation sites is 1. The topological polar surface area (TPSA) is 16.1 Å². The summed E-state index contributed by atoms with van der Waals surface area (Å²) in [4.78, 5) is 6.80. The van der Waals surface area contributed by atoms with E-state index in [4.69, 9.17) is 0 Å². The Balaban J connectivity index is 2.27. The molecule has 0 aliphatic carbocycles. The van der Waals surface area contributed by atoms with Crippen molar-refractivity contribution in [2.45, 2.75) is 20.0 Å². The van der Waals surface area contributed by atoms with Gasteiger partial charge in [0.2, 0.25) is 0 Å². The minimum Gasteiger partial charge on any atom is -0.304 e. The van der Waals surface area contributed by atoms with Crippen LogP contribution in [-0.2, 0) is 0 Å². The van der Waals surface area contributed by atoms with Crippen molar-refractivity contribution >= 4 is 40.1 Å². The summed E-state index contributed by atoms with van der Waals surface area (Å²) in [6.07, 6.45) is 2.19. The van der Waals surface area contributed by atoms with E-state index in [0.717, 1.165) is 8.51 Å². The smallest absolute Gasteiger partial charge is 0.262 e. The van der Waals surface area contributed by atoms with E-state index in [9.17, 15) is 0 Å². The van der Waals surface area contributed by atoms with Crippen molar-refractivity contribution in [1.29, 1.82) is 0 Å². The number of hydrogen-bond donors (Lipinski definition) is 0. The van der Waals surface area contributed by atoms with Crippen LogP contribution in [0.3, 0.4) is 0 Å². The lowest BCUT2D eigenvalue weighted by molar-refractivity contribution is 0.529. The van der Waals surface area contributed by atoms with Crippen molar-refractivity contribution in [2.75, 3.05) is 11.9 Å². The molecule has 2 atom stereocenters. The number of aromatic nitrogens is 1. The van der Waals surface area contributed by atoms with Gasteiger partial charge in [-0.1, -0.05) is 18.2 Å². The van der Waals surface area contributed by atoms with Gasteiger partial charge in [-0.15, -0.1) is 0 Å². The zero-order valence-electron chi connectivity index (χ0n) is 11.3. The van der Waals surface area contributed by atoms with E-state index in [1.807, 2.05) is 12.3 Å². The molecule has 0 spiro atoms. The number of rotatable bonds is 1. The Hall–Kier alpha value is -1.14. The number of hydrogen-bond acceptors (Lipinski definition) is 2. The molecular weight excluding hydrogens is 349 g/mol. The minimum absolute atomic E-state index is 0.326. The second-order valence-electron chi connectivity index (χ2n) is 5.01. The summed E-state index contributed by atoms with van der Waals surface area (Å²) in [6, 6.07) is 12.8. The number of anilines is 1. The zero-order valence-corrected chi connectivity index (χ0v) is 13.5. The molecular formula is C15H17IN3+. The summed E-state index contributed by atoms with van der Waals surface area (Å²) in [6.45, 7) is 4.43. The lowest BCUT2D eigenvalue weighted by Crippen LogP contribution is -2.45. The van der Waals surface area contributed by atoms with E-state index >= 15 is 0 Å². The monoisotopic (exact) mass is 366 g/mol. The van der Waals surface area contributed by atoms with Crippen molar-refractivity contribution < 1.29 is 0 Å². The Morgan fingerprint density at radius 1 is 1.16 bits per heavy atom. The van der Waals surface area contributed by atoms with E-state index in [0.29, 0.717) is 6.17 Å². The predicted octanol–water partition coefficient (Wildman–Crippen LogP) is 4.17. The molecule has 0 amide bonds. The van der Waals surface area contributed by atoms with Crippen molar-refractivity contribution in [3.05, 3.63) is 48.2 Å². The van der Waals surface area contributed by atoms with Gasteiger partial charge in [-0.2, -0.15) is 2.70 Å². The predicted molar refractivity (Wildman–Crippen MR) is 88.8 cm³/mol. The van der Waals surface area contributed by atoms with Crippen LogP contribution in [0.25, 0.3) is 0 Å². The fourth-order valence-corrected chi connectivity index (χ4v) is 4.08. The molecule has 1 aromatic heterocycles. The van der Waals surface area contributed by atoms with Crippen LogP contribution in [0.4, 0.5) is 17.2 Å². The largest absolute Gasteiger partial charge is 0.304 e. The summed E-state index contributed by atoms with van der Waals surface area (Å²) in [5.41, 5.74) is 3.90. The molecule has 1 aromatic carbocycles. The van der Waals surface area contributed by atoms with Gasteiger partial charge in [0.15, 0.2) is 17.7 Å². The maximum absolute atomic E-state index is 4.55. The van der Waals surface area contributed by atoms with Crippen LogP contribution in [0, 0.1) is 6.92 Å². The first kappa shape index (κ1) is 12.9. The fraction of sp³-hybridized carbons (Fsp3) is 0.267. The van der Waals surface area contributed by atoms with Crippen LogP contribution in [0.2, 0.25) is 0 Å². The van der Waals surface area contributed by atoms with Gasteiger partial charge in [-0.05, 0) is 13.0 Å². The van der Waals surface area contributed by atoms with Gasteiger partial charge in [0, 0.05) is 37.9 Å². The second-order valence-corrected chi connectivity index (χ2v) is 6.53. The Morgan fingerprint density at radius 3 is 2.58 bits per heavy atom. The zero-order chi connectivity index (χ0) is 13.6. The highest BCUT2D eigenvalue weighted by Crippen LogP contribution is 2.52. The molecule has 4 heteroatoms. The third-order valence-electron chi connectivity index (χ3n) is 3.99. The number of pyridine rings is 1. The SMILES string of the molecule is Cc1ccccc1[N+]1(I)c2cccnc2N(C)[C@@H]1C. The number of halogens is 1. The first-order valence-electron chi connectivity index (χ1n) is 6.40. The van der Waals surface area contributed by atoms with Gasteiger partial charge in [0.1, 0.15) is 5.69 Å². The average molecular weight is 366 g/mol. The molecule has 0 saturated heterocycles. The first-order valence-corrected chi connectivity index (χ1v) is 7.36. The third-order valence-corrected chi connectivity index (χ3v) is 5.84. The minimum atomic E-state index is 0.326. The van der Waals surface area contributed by atoms with E-state index in [1.54, 1.807) is 0 Å². The van der Waals surface area contributed by atoms with Crippen molar-refractivity contribution in [3.8, 4) is 0 Å². The number of fused-ring (bicyclic) bond motifs is 1. The molecule has 0 saturated carbocycles. The molecule has 2 heterocycles. The van der Waals surface area contributed by atoms with Crippen LogP contribution in [-0.4, -0.2) is 18.2 Å². The Bertz CT molecular complexity index is 628. The number of aryl methyl sites for hydroxylation is 1. The summed E-state index contributed by atoms with van der Waals surface area (Å²) in [5, 5.41) is 0. The molecule has 3 nitrogen and oxygen atoms in total. The van der Waals surface area contributed by atoms with Gasteiger partial charge in [0.25, 0.3) is 22.9 Å². The van der Waals surface area contributed by atoms with Crippen LogP contribution >= 0.6 is 22.9 Å². The normalized spacial score (nSPS) is 25.5. The Morgan fingerprint density at radius 2 is 1.84 bits per heavy atom. The summed E-state index contributed by atoms with van der Waals surface area (Å²) in [5.74, 6) is 1.08. The van der Waals surface area contributed by atoms with Gasteiger partial charge < -0.3 is 4.90 Å². The van der Waals surface area contributed by atoms with Crippen LogP contribution < -0.4 is 7.60 Å². The molecule has 98 valence electrons. The number of benzene rings is 1. The van der Waals surface area contributed by atoms with Gasteiger partial charge in [-0.25, -0.2) is 4.98 Å². The van der Waals surface area contributed by atoms with Crippen LogP contribution in [0.15, 0.2) is 42.6 Å². The molecule has 0 radical (unpaired) electrons. The van der Waals surface area contributed by atoms with Crippen molar-refractivity contribution in [2.24, 2.45) is 0 Å². The van der Waals surface area contributed by atoms with Gasteiger partial charge >= 0.3 is 0 Å². The highest BCUT2D eigenvalue weighted by molar-refractivity contribution is 14.1. The second kappa shape index (κ2) is 4.45. The lowest BCUT2D eigenvalue weighted by atomic mass is 10.1. The standard InChI is InChI=1S/C15H17IN3/c1-11-7-4-5-8-13(11)19(16)12(2)18(3)15-14(19)9-6-10-17-15/h4-10,12H,1-3H3/q+1/t12-,19?/m0/s1. The fourth-order valence-electron chi connectivity index (χ4n) is 2.79. The first-order chi connectivity index (χ1) is 9.06. The molecule has 1 unspecified atom stereocenters. The van der Waals surface area contributed by atoms with E-state index in [2.05, 4.69) is 84.0 Å². The highest BCUT2D eigenvalue weighted by atomic mass is 127. The Kier molecular flexibility index (Phi) is 3.02. The molecule has 0 fully saturated rings. The highest BCUT2D eigenvalue weighted by Gasteiger charge is 2.49. The maximum atomic E-state index is 4.55. The van der Waals surface area contributed by atoms with Crippen LogP contribution in [0.5, 0.6) is 0 Å². The molecule has 19 heavy (non-hydrogen) atoms. The maximum Gasteiger partial charge on any atom is 0.262 e. The van der Waals surface area contributed by atoms with Gasteiger partial charge in [0.05, 0.1) is 0 Å². The summed E-state index contributed by atoms with van der Waals surface area (Å²) < 4.78 is 0.754. The number of nitrogens with zero attached hydrogens (tertiary/aromatic N) is 3. The molecule has 0 N–H and O–H groups in total. The Labute approximate surface area is 128 Å².